The van der Waals surface area contributed by atoms with Crippen molar-refractivity contribution in [2.75, 3.05) is 7.05 Å². The number of carbonyl (C=O) groups excluding carboxylic acids is 1. The number of nitrogens with one attached hydrogen (secondary N) is 1. The van der Waals surface area contributed by atoms with Crippen molar-refractivity contribution in [3.8, 4) is 0 Å². The lowest BCUT2D eigenvalue weighted by Crippen LogP contribution is -2.31. The van der Waals surface area contributed by atoms with E-state index in [0.29, 0.717) is 4.47 Å². The number of likely N-dealkylation sites (N-methyl/N-ethyl adjacent to an activating group) is 1. The molecule has 0 saturated carbocycles. The molecule has 0 aliphatic rings. The molecule has 0 aliphatic heterocycles. The van der Waals surface area contributed by atoms with Gasteiger partial charge in [-0.1, -0.05) is 11.6 Å². The van der Waals surface area contributed by atoms with Gasteiger partial charge in [0.05, 0.1) is 16.6 Å². The summed E-state index contributed by atoms with van der Waals surface area (Å²) in [6, 6.07) is 2.54. The highest BCUT2D eigenvalue weighted by molar-refractivity contribution is 9.10. The minimum Gasteiger partial charge on any atom is -0.310 e. The van der Waals surface area contributed by atoms with E-state index in [4.69, 9.17) is 11.6 Å². The molecule has 0 spiro atoms. The van der Waals surface area contributed by atoms with Crippen molar-refractivity contribution in [2.45, 2.75) is 13.0 Å². The summed E-state index contributed by atoms with van der Waals surface area (Å²) in [7, 11) is 1.64. The van der Waals surface area contributed by atoms with Crippen molar-refractivity contribution in [2.24, 2.45) is 0 Å². The standard InChI is InChI=1S/C10H10BrClFNO/c1-5(14-2)10(15)6-3-4-7(11)8(12)9(6)13/h3-5,14H,1-2H3. The van der Waals surface area contributed by atoms with Crippen LogP contribution in [0.1, 0.15) is 17.3 Å². The van der Waals surface area contributed by atoms with E-state index < -0.39 is 11.9 Å². The van der Waals surface area contributed by atoms with Gasteiger partial charge in [-0.3, -0.25) is 4.79 Å². The number of benzene rings is 1. The van der Waals surface area contributed by atoms with E-state index >= 15 is 0 Å². The van der Waals surface area contributed by atoms with Crippen LogP contribution in [0.4, 0.5) is 4.39 Å². The fourth-order valence-corrected chi connectivity index (χ4v) is 1.55. The molecule has 0 aromatic heterocycles. The van der Waals surface area contributed by atoms with E-state index in [1.165, 1.54) is 6.07 Å². The lowest BCUT2D eigenvalue weighted by Gasteiger charge is -2.10. The lowest BCUT2D eigenvalue weighted by atomic mass is 10.1. The van der Waals surface area contributed by atoms with Gasteiger partial charge in [-0.2, -0.15) is 0 Å². The Hall–Kier alpha value is -0.450. The molecule has 1 aromatic rings. The predicted molar refractivity (Wildman–Crippen MR) is 62.0 cm³/mol. The molecule has 0 aliphatic carbocycles. The van der Waals surface area contributed by atoms with Crippen LogP contribution >= 0.6 is 27.5 Å². The molecular formula is C10H10BrClFNO. The molecule has 1 atom stereocenters. The van der Waals surface area contributed by atoms with Crippen molar-refractivity contribution in [3.05, 3.63) is 33.0 Å². The van der Waals surface area contributed by atoms with Crippen molar-refractivity contribution < 1.29 is 9.18 Å². The van der Waals surface area contributed by atoms with Gasteiger partial charge in [0, 0.05) is 4.47 Å². The Labute approximate surface area is 101 Å². The molecule has 1 aromatic carbocycles. The van der Waals surface area contributed by atoms with E-state index in [2.05, 4.69) is 21.2 Å². The van der Waals surface area contributed by atoms with E-state index in [1.807, 2.05) is 0 Å². The molecule has 1 rings (SSSR count). The summed E-state index contributed by atoms with van der Waals surface area (Å²) in [6.07, 6.45) is 0. The smallest absolute Gasteiger partial charge is 0.182 e. The third kappa shape index (κ3) is 2.56. The second-order valence-corrected chi connectivity index (χ2v) is 4.33. The fourth-order valence-electron chi connectivity index (χ4n) is 1.08. The van der Waals surface area contributed by atoms with Crippen LogP contribution < -0.4 is 5.32 Å². The number of hydrogen-bond acceptors (Lipinski definition) is 2. The minimum absolute atomic E-state index is 0.00468. The topological polar surface area (TPSA) is 29.1 Å². The lowest BCUT2D eigenvalue weighted by molar-refractivity contribution is 0.0951. The second-order valence-electron chi connectivity index (χ2n) is 3.10. The highest BCUT2D eigenvalue weighted by Crippen LogP contribution is 2.28. The molecule has 0 radical (unpaired) electrons. The summed E-state index contributed by atoms with van der Waals surface area (Å²) in [4.78, 5) is 11.7. The Kier molecular flexibility index (Phi) is 4.25. The molecule has 2 nitrogen and oxygen atoms in total. The zero-order chi connectivity index (χ0) is 11.6. The number of Topliss-reactive ketones (excluding diaryl/α,β-unsaturated/α-hetero) is 1. The molecule has 1 N–H and O–H groups in total. The SMILES string of the molecule is CNC(C)C(=O)c1ccc(Br)c(Cl)c1F. The molecule has 15 heavy (non-hydrogen) atoms. The average Bonchev–Trinajstić information content (AvgIpc) is 2.24. The van der Waals surface area contributed by atoms with Gasteiger partial charge in [0.15, 0.2) is 11.6 Å². The fraction of sp³-hybridized carbons (Fsp3) is 0.300. The predicted octanol–water partition coefficient (Wildman–Crippen LogP) is 3.03. The molecule has 0 amide bonds. The van der Waals surface area contributed by atoms with Gasteiger partial charge in [-0.15, -0.1) is 0 Å². The second kappa shape index (κ2) is 5.05. The summed E-state index contributed by atoms with van der Waals surface area (Å²) in [5, 5.41) is 2.69. The molecule has 1 unspecified atom stereocenters. The first-order chi connectivity index (χ1) is 6.99. The Morgan fingerprint density at radius 2 is 2.20 bits per heavy atom. The van der Waals surface area contributed by atoms with Gasteiger partial charge >= 0.3 is 0 Å². The average molecular weight is 295 g/mol. The molecular weight excluding hydrogens is 284 g/mol. The maximum Gasteiger partial charge on any atom is 0.182 e. The van der Waals surface area contributed by atoms with Crippen LogP contribution in [-0.2, 0) is 0 Å². The number of rotatable bonds is 3. The molecule has 0 fully saturated rings. The summed E-state index contributed by atoms with van der Waals surface area (Å²) in [5.74, 6) is -0.998. The molecule has 5 heteroatoms. The van der Waals surface area contributed by atoms with Gasteiger partial charge < -0.3 is 5.32 Å². The Morgan fingerprint density at radius 1 is 1.60 bits per heavy atom. The normalized spacial score (nSPS) is 12.6. The maximum atomic E-state index is 13.6. The third-order valence-electron chi connectivity index (χ3n) is 2.13. The van der Waals surface area contributed by atoms with E-state index in [0.717, 1.165) is 0 Å². The highest BCUT2D eigenvalue weighted by atomic mass is 79.9. The van der Waals surface area contributed by atoms with Gasteiger partial charge in [0.2, 0.25) is 0 Å². The van der Waals surface area contributed by atoms with Crippen molar-refractivity contribution in [1.29, 1.82) is 0 Å². The van der Waals surface area contributed by atoms with Crippen LogP contribution in [0.5, 0.6) is 0 Å². The summed E-state index contributed by atoms with van der Waals surface area (Å²) in [6.45, 7) is 1.66. The molecule has 0 bridgehead atoms. The van der Waals surface area contributed by atoms with Crippen LogP contribution in [-0.4, -0.2) is 18.9 Å². The van der Waals surface area contributed by atoms with E-state index in [-0.39, 0.29) is 16.4 Å². The summed E-state index contributed by atoms with van der Waals surface area (Å²) in [5.41, 5.74) is 0.00468. The van der Waals surface area contributed by atoms with Crippen molar-refractivity contribution in [3.63, 3.8) is 0 Å². The number of halogens is 3. The first-order valence-corrected chi connectivity index (χ1v) is 5.51. The van der Waals surface area contributed by atoms with Crippen molar-refractivity contribution in [1.82, 2.24) is 5.32 Å². The maximum absolute atomic E-state index is 13.6. The number of carbonyl (C=O) groups is 1. The van der Waals surface area contributed by atoms with E-state index in [9.17, 15) is 9.18 Å². The zero-order valence-electron chi connectivity index (χ0n) is 8.27. The number of hydrogen-bond donors (Lipinski definition) is 1. The monoisotopic (exact) mass is 293 g/mol. The van der Waals surface area contributed by atoms with Crippen LogP contribution in [0.25, 0.3) is 0 Å². The van der Waals surface area contributed by atoms with Gasteiger partial charge in [0.25, 0.3) is 0 Å². The van der Waals surface area contributed by atoms with Crippen LogP contribution in [0, 0.1) is 5.82 Å². The Morgan fingerprint density at radius 3 is 2.73 bits per heavy atom. The third-order valence-corrected chi connectivity index (χ3v) is 3.39. The molecule has 0 saturated heterocycles. The van der Waals surface area contributed by atoms with E-state index in [1.54, 1.807) is 20.0 Å². The van der Waals surface area contributed by atoms with Gasteiger partial charge in [-0.25, -0.2) is 4.39 Å². The van der Waals surface area contributed by atoms with Gasteiger partial charge in [-0.05, 0) is 42.0 Å². The van der Waals surface area contributed by atoms with Crippen LogP contribution in [0.15, 0.2) is 16.6 Å². The minimum atomic E-state index is -0.682. The van der Waals surface area contributed by atoms with Crippen molar-refractivity contribution >= 4 is 33.3 Å². The molecule has 0 heterocycles. The summed E-state index contributed by atoms with van der Waals surface area (Å²) >= 11 is 8.76. The quantitative estimate of drug-likeness (QED) is 0.686. The molecule has 82 valence electrons. The van der Waals surface area contributed by atoms with Gasteiger partial charge in [0.1, 0.15) is 0 Å². The van der Waals surface area contributed by atoms with Crippen LogP contribution in [0.3, 0.4) is 0 Å². The first-order valence-electron chi connectivity index (χ1n) is 4.34. The first kappa shape index (κ1) is 12.6. The highest BCUT2D eigenvalue weighted by Gasteiger charge is 2.20. The zero-order valence-corrected chi connectivity index (χ0v) is 10.6. The Balaban J connectivity index is 3.16. The Bertz CT molecular complexity index is 397. The van der Waals surface area contributed by atoms with Crippen LogP contribution in [0.2, 0.25) is 5.02 Å². The number of ketones is 1. The largest absolute Gasteiger partial charge is 0.310 e. The summed E-state index contributed by atoms with van der Waals surface area (Å²) < 4.78 is 14.0.